The van der Waals surface area contributed by atoms with E-state index in [1.807, 2.05) is 36.4 Å². The Hall–Kier alpha value is -2.66. The molecule has 1 atom stereocenters. The van der Waals surface area contributed by atoms with Crippen LogP contribution in [0.25, 0.3) is 11.1 Å². The van der Waals surface area contributed by atoms with Crippen LogP contribution in [0, 0.1) is 12.8 Å². The van der Waals surface area contributed by atoms with Gasteiger partial charge in [0.25, 0.3) is 0 Å². The number of aryl methyl sites for hydroxylation is 1. The number of hydroxylamine groups is 1. The van der Waals surface area contributed by atoms with Gasteiger partial charge in [-0.3, -0.25) is 14.8 Å². The van der Waals surface area contributed by atoms with E-state index in [0.717, 1.165) is 16.7 Å². The number of hydrogen-bond donors (Lipinski definition) is 3. The molecule has 5 heteroatoms. The smallest absolute Gasteiger partial charge is 0.244 e. The summed E-state index contributed by atoms with van der Waals surface area (Å²) >= 11 is 0. The molecular formula is C18H20N2O3. The fourth-order valence-corrected chi connectivity index (χ4v) is 2.54. The fourth-order valence-electron chi connectivity index (χ4n) is 2.54. The molecule has 0 saturated heterocycles. The molecule has 0 fully saturated rings. The van der Waals surface area contributed by atoms with Gasteiger partial charge in [-0.05, 0) is 35.6 Å². The molecule has 2 amide bonds. The second kappa shape index (κ2) is 7.56. The van der Waals surface area contributed by atoms with E-state index >= 15 is 0 Å². The lowest BCUT2D eigenvalue weighted by Crippen LogP contribution is -2.31. The zero-order valence-electron chi connectivity index (χ0n) is 13.0. The predicted molar refractivity (Wildman–Crippen MR) is 87.5 cm³/mol. The van der Waals surface area contributed by atoms with Crippen molar-refractivity contribution >= 4 is 11.8 Å². The van der Waals surface area contributed by atoms with Gasteiger partial charge in [-0.25, -0.2) is 5.48 Å². The lowest BCUT2D eigenvalue weighted by atomic mass is 9.93. The minimum atomic E-state index is -0.647. The Morgan fingerprint density at radius 2 is 1.78 bits per heavy atom. The Labute approximate surface area is 135 Å². The number of amides is 2. The third-order valence-corrected chi connectivity index (χ3v) is 3.85. The van der Waals surface area contributed by atoms with Crippen molar-refractivity contribution in [2.45, 2.75) is 19.8 Å². The molecule has 0 aliphatic rings. The topological polar surface area (TPSA) is 92.4 Å². The van der Waals surface area contributed by atoms with Crippen LogP contribution < -0.4 is 11.2 Å². The van der Waals surface area contributed by atoms with Crippen molar-refractivity contribution in [1.29, 1.82) is 0 Å². The Morgan fingerprint density at radius 3 is 2.35 bits per heavy atom. The lowest BCUT2D eigenvalue weighted by molar-refractivity contribution is -0.133. The fraction of sp³-hybridized carbons (Fsp3) is 0.222. The van der Waals surface area contributed by atoms with Gasteiger partial charge in [0, 0.05) is 6.42 Å². The highest BCUT2D eigenvalue weighted by atomic mass is 16.5. The van der Waals surface area contributed by atoms with E-state index in [1.54, 1.807) is 0 Å². The number of rotatable bonds is 6. The summed E-state index contributed by atoms with van der Waals surface area (Å²) < 4.78 is 0. The van der Waals surface area contributed by atoms with Crippen LogP contribution in [0.15, 0.2) is 48.5 Å². The minimum absolute atomic E-state index is 0.134. The van der Waals surface area contributed by atoms with Crippen LogP contribution in [0.1, 0.15) is 17.5 Å². The summed E-state index contributed by atoms with van der Waals surface area (Å²) in [5.74, 6) is -1.83. The Bertz CT molecular complexity index is 696. The summed E-state index contributed by atoms with van der Waals surface area (Å²) in [5.41, 5.74) is 11.2. The maximum absolute atomic E-state index is 11.4. The van der Waals surface area contributed by atoms with E-state index < -0.39 is 17.7 Å². The third kappa shape index (κ3) is 4.40. The highest BCUT2D eigenvalue weighted by Crippen LogP contribution is 2.24. The molecular weight excluding hydrogens is 292 g/mol. The van der Waals surface area contributed by atoms with Gasteiger partial charge >= 0.3 is 0 Å². The molecule has 2 aromatic carbocycles. The number of carbonyl (C=O) groups excluding carboxylic acids is 2. The molecule has 0 unspecified atom stereocenters. The molecule has 2 rings (SSSR count). The van der Waals surface area contributed by atoms with Crippen molar-refractivity contribution in [3.63, 3.8) is 0 Å². The summed E-state index contributed by atoms with van der Waals surface area (Å²) in [5, 5.41) is 8.57. The van der Waals surface area contributed by atoms with Gasteiger partial charge in [0.2, 0.25) is 11.8 Å². The maximum atomic E-state index is 11.4. The Morgan fingerprint density at radius 1 is 1.13 bits per heavy atom. The predicted octanol–water partition coefficient (Wildman–Crippen LogP) is 2.20. The first-order valence-electron chi connectivity index (χ1n) is 7.38. The van der Waals surface area contributed by atoms with Crippen LogP contribution in [-0.2, 0) is 16.0 Å². The number of primary amides is 1. The molecule has 5 nitrogen and oxygen atoms in total. The highest BCUT2D eigenvalue weighted by Gasteiger charge is 2.19. The van der Waals surface area contributed by atoms with Crippen molar-refractivity contribution in [2.24, 2.45) is 11.7 Å². The standard InChI is InChI=1S/C18H20N2O3/c1-12-4-2-3-5-16(12)14-8-6-13(7-9-14)10-15(18(19)22)11-17(21)20-23/h2-9,15,23H,10-11H2,1H3,(H2,19,22)(H,20,21)/t15-/m1/s1. The molecule has 0 aliphatic heterocycles. The van der Waals surface area contributed by atoms with Gasteiger partial charge in [0.15, 0.2) is 0 Å². The van der Waals surface area contributed by atoms with Crippen LogP contribution in [-0.4, -0.2) is 17.0 Å². The number of hydrogen-bond acceptors (Lipinski definition) is 3. The first kappa shape index (κ1) is 16.7. The summed E-state index contributed by atoms with van der Waals surface area (Å²) in [6, 6.07) is 15.9. The van der Waals surface area contributed by atoms with E-state index in [9.17, 15) is 9.59 Å². The summed E-state index contributed by atoms with van der Waals surface area (Å²) in [6.07, 6.45) is 0.224. The highest BCUT2D eigenvalue weighted by molar-refractivity contribution is 5.84. The normalized spacial score (nSPS) is 11.7. The monoisotopic (exact) mass is 312 g/mol. The van der Waals surface area contributed by atoms with Crippen molar-refractivity contribution in [1.82, 2.24) is 5.48 Å². The van der Waals surface area contributed by atoms with E-state index in [2.05, 4.69) is 19.1 Å². The number of nitrogens with two attached hydrogens (primary N) is 1. The molecule has 0 bridgehead atoms. The van der Waals surface area contributed by atoms with E-state index in [1.165, 1.54) is 11.0 Å². The first-order valence-corrected chi connectivity index (χ1v) is 7.38. The van der Waals surface area contributed by atoms with Gasteiger partial charge in [0.1, 0.15) is 0 Å². The summed E-state index contributed by atoms with van der Waals surface area (Å²) in [6.45, 7) is 2.06. The van der Waals surface area contributed by atoms with Gasteiger partial charge in [-0.15, -0.1) is 0 Å². The summed E-state index contributed by atoms with van der Waals surface area (Å²) in [4.78, 5) is 22.7. The van der Waals surface area contributed by atoms with Crippen LogP contribution in [0.4, 0.5) is 0 Å². The van der Waals surface area contributed by atoms with Crippen LogP contribution >= 0.6 is 0 Å². The minimum Gasteiger partial charge on any atom is -0.369 e. The van der Waals surface area contributed by atoms with Gasteiger partial charge in [-0.1, -0.05) is 48.5 Å². The van der Waals surface area contributed by atoms with Gasteiger partial charge in [-0.2, -0.15) is 0 Å². The molecule has 0 aliphatic carbocycles. The van der Waals surface area contributed by atoms with E-state index in [-0.39, 0.29) is 6.42 Å². The molecule has 0 spiro atoms. The SMILES string of the molecule is Cc1ccccc1-c1ccc(C[C@H](CC(=O)NO)C(N)=O)cc1. The van der Waals surface area contributed by atoms with Crippen molar-refractivity contribution in [3.8, 4) is 11.1 Å². The number of nitrogens with one attached hydrogen (secondary N) is 1. The molecule has 0 heterocycles. The number of benzene rings is 2. The Balaban J connectivity index is 2.14. The molecule has 23 heavy (non-hydrogen) atoms. The zero-order valence-corrected chi connectivity index (χ0v) is 13.0. The maximum Gasteiger partial charge on any atom is 0.244 e. The molecule has 0 aromatic heterocycles. The number of carbonyl (C=O) groups is 2. The quantitative estimate of drug-likeness (QED) is 0.564. The largest absolute Gasteiger partial charge is 0.369 e. The Kier molecular flexibility index (Phi) is 5.49. The molecule has 120 valence electrons. The van der Waals surface area contributed by atoms with Crippen LogP contribution in [0.2, 0.25) is 0 Å². The molecule has 0 radical (unpaired) electrons. The van der Waals surface area contributed by atoms with Crippen molar-refractivity contribution in [2.75, 3.05) is 0 Å². The third-order valence-electron chi connectivity index (χ3n) is 3.85. The van der Waals surface area contributed by atoms with Crippen LogP contribution in [0.3, 0.4) is 0 Å². The average Bonchev–Trinajstić information content (AvgIpc) is 2.55. The lowest BCUT2D eigenvalue weighted by Gasteiger charge is -2.13. The zero-order chi connectivity index (χ0) is 16.8. The average molecular weight is 312 g/mol. The van der Waals surface area contributed by atoms with E-state index in [4.69, 9.17) is 10.9 Å². The second-order valence-corrected chi connectivity index (χ2v) is 5.55. The summed E-state index contributed by atoms with van der Waals surface area (Å²) in [7, 11) is 0. The van der Waals surface area contributed by atoms with Crippen molar-refractivity contribution in [3.05, 3.63) is 59.7 Å². The second-order valence-electron chi connectivity index (χ2n) is 5.55. The molecule has 0 saturated carbocycles. The van der Waals surface area contributed by atoms with Gasteiger partial charge < -0.3 is 5.73 Å². The van der Waals surface area contributed by atoms with Gasteiger partial charge in [0.05, 0.1) is 5.92 Å². The van der Waals surface area contributed by atoms with Crippen molar-refractivity contribution < 1.29 is 14.8 Å². The molecule has 2 aromatic rings. The molecule has 4 N–H and O–H groups in total. The first-order chi connectivity index (χ1) is 11.0. The van der Waals surface area contributed by atoms with Crippen LogP contribution in [0.5, 0.6) is 0 Å². The van der Waals surface area contributed by atoms with E-state index in [0.29, 0.717) is 6.42 Å².